The molecular weight excluding hydrogens is 314 g/mol. The summed E-state index contributed by atoms with van der Waals surface area (Å²) >= 11 is 6.03. The van der Waals surface area contributed by atoms with Gasteiger partial charge in [0.05, 0.1) is 0 Å². The molecule has 0 spiro atoms. The minimum Gasteiger partial charge on any atom is -0.336 e. The van der Waals surface area contributed by atoms with Crippen molar-refractivity contribution in [3.63, 3.8) is 0 Å². The first kappa shape index (κ1) is 15.0. The van der Waals surface area contributed by atoms with Gasteiger partial charge in [-0.05, 0) is 48.4 Å². The summed E-state index contributed by atoms with van der Waals surface area (Å²) in [6.07, 6.45) is 0. The molecule has 118 valence electrons. The first-order chi connectivity index (χ1) is 11.7. The highest BCUT2D eigenvalue weighted by Crippen LogP contribution is 2.30. The van der Waals surface area contributed by atoms with Crippen LogP contribution < -0.4 is 0 Å². The average Bonchev–Trinajstić information content (AvgIpc) is 2.95. The third kappa shape index (κ3) is 2.83. The van der Waals surface area contributed by atoms with Crippen molar-refractivity contribution in [1.82, 2.24) is 4.57 Å². The fourth-order valence-corrected chi connectivity index (χ4v) is 3.31. The topological polar surface area (TPSA) is 4.93 Å². The van der Waals surface area contributed by atoms with Crippen LogP contribution in [0.25, 0.3) is 22.2 Å². The Morgan fingerprint density at radius 3 is 2.33 bits per heavy atom. The van der Waals surface area contributed by atoms with Gasteiger partial charge in [0, 0.05) is 28.2 Å². The summed E-state index contributed by atoms with van der Waals surface area (Å²) in [5.74, 6) is 0. The van der Waals surface area contributed by atoms with Crippen molar-refractivity contribution in [2.45, 2.75) is 13.5 Å². The van der Waals surface area contributed by atoms with Crippen molar-refractivity contribution >= 4 is 22.5 Å². The summed E-state index contributed by atoms with van der Waals surface area (Å²) in [7, 11) is 0. The second-order valence-corrected chi connectivity index (χ2v) is 6.61. The molecule has 0 saturated heterocycles. The largest absolute Gasteiger partial charge is 0.336 e. The van der Waals surface area contributed by atoms with E-state index in [2.05, 4.69) is 78.2 Å². The number of nitrogens with zero attached hydrogens (tertiary/aromatic N) is 1. The zero-order valence-electron chi connectivity index (χ0n) is 13.5. The van der Waals surface area contributed by atoms with Crippen molar-refractivity contribution in [2.24, 2.45) is 0 Å². The molecule has 0 fully saturated rings. The predicted molar refractivity (Wildman–Crippen MR) is 103 cm³/mol. The van der Waals surface area contributed by atoms with Gasteiger partial charge >= 0.3 is 0 Å². The minimum absolute atomic E-state index is 0.773. The van der Waals surface area contributed by atoms with E-state index < -0.39 is 0 Å². The van der Waals surface area contributed by atoms with Gasteiger partial charge in [-0.15, -0.1) is 0 Å². The lowest BCUT2D eigenvalue weighted by molar-refractivity contribution is 0.845. The molecule has 0 saturated carbocycles. The van der Waals surface area contributed by atoms with Crippen molar-refractivity contribution in [3.8, 4) is 11.3 Å². The zero-order valence-corrected chi connectivity index (χ0v) is 14.3. The van der Waals surface area contributed by atoms with Gasteiger partial charge < -0.3 is 4.57 Å². The van der Waals surface area contributed by atoms with Crippen LogP contribution in [0.4, 0.5) is 0 Å². The molecule has 0 bridgehead atoms. The van der Waals surface area contributed by atoms with Crippen LogP contribution in [0.5, 0.6) is 0 Å². The molecule has 1 nitrogen and oxygen atoms in total. The van der Waals surface area contributed by atoms with E-state index in [1.165, 1.54) is 33.3 Å². The first-order valence-electron chi connectivity index (χ1n) is 8.10. The maximum Gasteiger partial charge on any atom is 0.0494 e. The predicted octanol–water partition coefficient (Wildman–Crippen LogP) is 6.32. The Bertz CT molecular complexity index is 982. The lowest BCUT2D eigenvalue weighted by Crippen LogP contribution is -2.01. The van der Waals surface area contributed by atoms with Crippen LogP contribution >= 0.6 is 11.6 Å². The Hall–Kier alpha value is -2.51. The smallest absolute Gasteiger partial charge is 0.0494 e. The van der Waals surface area contributed by atoms with Crippen LogP contribution in [-0.2, 0) is 6.54 Å². The van der Waals surface area contributed by atoms with Gasteiger partial charge in [-0.3, -0.25) is 0 Å². The second kappa shape index (κ2) is 6.18. The van der Waals surface area contributed by atoms with E-state index >= 15 is 0 Å². The van der Waals surface area contributed by atoms with Gasteiger partial charge in [-0.25, -0.2) is 0 Å². The van der Waals surface area contributed by atoms with E-state index in [0.29, 0.717) is 0 Å². The van der Waals surface area contributed by atoms with E-state index in [-0.39, 0.29) is 0 Å². The molecular formula is C22H18ClN. The van der Waals surface area contributed by atoms with E-state index in [4.69, 9.17) is 11.6 Å². The van der Waals surface area contributed by atoms with Crippen molar-refractivity contribution in [3.05, 3.63) is 95.0 Å². The van der Waals surface area contributed by atoms with Gasteiger partial charge in [-0.1, -0.05) is 65.7 Å². The summed E-state index contributed by atoms with van der Waals surface area (Å²) in [4.78, 5) is 0. The summed E-state index contributed by atoms with van der Waals surface area (Å²) in [5, 5.41) is 2.05. The van der Waals surface area contributed by atoms with Crippen LogP contribution in [0.1, 0.15) is 11.1 Å². The number of hydrogen-bond acceptors (Lipinski definition) is 0. The lowest BCUT2D eigenvalue weighted by Gasteiger charge is -2.12. The summed E-state index contributed by atoms with van der Waals surface area (Å²) < 4.78 is 2.38. The number of fused-ring (bicyclic) bond motifs is 1. The number of benzene rings is 3. The zero-order chi connectivity index (χ0) is 16.5. The van der Waals surface area contributed by atoms with Crippen LogP contribution in [0.15, 0.2) is 78.9 Å². The Morgan fingerprint density at radius 1 is 0.833 bits per heavy atom. The SMILES string of the molecule is Cc1ccc2c(c1)cc(-c1ccccc1)n2Cc1ccc(Cl)cc1. The molecule has 0 aliphatic heterocycles. The van der Waals surface area contributed by atoms with E-state index in [0.717, 1.165) is 11.6 Å². The fourth-order valence-electron chi connectivity index (χ4n) is 3.18. The molecule has 1 heterocycles. The molecule has 1 aromatic heterocycles. The third-order valence-corrected chi connectivity index (χ3v) is 4.63. The van der Waals surface area contributed by atoms with E-state index in [1.54, 1.807) is 0 Å². The number of rotatable bonds is 3. The molecule has 0 amide bonds. The Kier molecular flexibility index (Phi) is 3.87. The molecule has 0 atom stereocenters. The van der Waals surface area contributed by atoms with Crippen LogP contribution in [0.2, 0.25) is 5.02 Å². The van der Waals surface area contributed by atoms with Gasteiger partial charge in [-0.2, -0.15) is 0 Å². The molecule has 24 heavy (non-hydrogen) atoms. The normalized spacial score (nSPS) is 11.1. The Balaban J connectivity index is 1.89. The van der Waals surface area contributed by atoms with Crippen molar-refractivity contribution in [1.29, 1.82) is 0 Å². The third-order valence-electron chi connectivity index (χ3n) is 4.38. The highest BCUT2D eigenvalue weighted by molar-refractivity contribution is 6.30. The van der Waals surface area contributed by atoms with Gasteiger partial charge in [0.2, 0.25) is 0 Å². The minimum atomic E-state index is 0.773. The monoisotopic (exact) mass is 331 g/mol. The average molecular weight is 332 g/mol. The molecule has 3 aromatic carbocycles. The molecule has 0 N–H and O–H groups in total. The Morgan fingerprint density at radius 2 is 1.58 bits per heavy atom. The number of halogens is 1. The van der Waals surface area contributed by atoms with Crippen molar-refractivity contribution < 1.29 is 0 Å². The first-order valence-corrected chi connectivity index (χ1v) is 8.48. The number of hydrogen-bond donors (Lipinski definition) is 0. The summed E-state index contributed by atoms with van der Waals surface area (Å²) in [5.41, 5.74) is 6.27. The molecule has 4 rings (SSSR count). The maximum absolute atomic E-state index is 6.03. The molecule has 0 radical (unpaired) electrons. The Labute approximate surface area is 147 Å². The quantitative estimate of drug-likeness (QED) is 0.414. The summed E-state index contributed by atoms with van der Waals surface area (Å²) in [6.45, 7) is 2.96. The summed E-state index contributed by atoms with van der Waals surface area (Å²) in [6, 6.07) is 27.6. The second-order valence-electron chi connectivity index (χ2n) is 6.17. The maximum atomic E-state index is 6.03. The highest BCUT2D eigenvalue weighted by Gasteiger charge is 2.11. The van der Waals surface area contributed by atoms with Gasteiger partial charge in [0.25, 0.3) is 0 Å². The van der Waals surface area contributed by atoms with Crippen LogP contribution in [0, 0.1) is 6.92 Å². The van der Waals surface area contributed by atoms with Crippen LogP contribution in [-0.4, -0.2) is 4.57 Å². The number of aryl methyl sites for hydroxylation is 1. The van der Waals surface area contributed by atoms with E-state index in [1.807, 2.05) is 12.1 Å². The van der Waals surface area contributed by atoms with Crippen LogP contribution in [0.3, 0.4) is 0 Å². The molecule has 4 aromatic rings. The standard InChI is InChI=1S/C22H18ClN/c1-16-7-12-21-19(13-16)14-22(18-5-3-2-4-6-18)24(21)15-17-8-10-20(23)11-9-17/h2-14H,15H2,1H3. The van der Waals surface area contributed by atoms with Gasteiger partial charge in [0.1, 0.15) is 0 Å². The lowest BCUT2D eigenvalue weighted by atomic mass is 10.1. The molecule has 0 unspecified atom stereocenters. The molecule has 0 aliphatic rings. The highest BCUT2D eigenvalue weighted by atomic mass is 35.5. The molecule has 2 heteroatoms. The molecule has 0 aliphatic carbocycles. The van der Waals surface area contributed by atoms with Crippen molar-refractivity contribution in [2.75, 3.05) is 0 Å². The van der Waals surface area contributed by atoms with E-state index in [9.17, 15) is 0 Å². The van der Waals surface area contributed by atoms with Gasteiger partial charge in [0.15, 0.2) is 0 Å². The fraction of sp³-hybridized carbons (Fsp3) is 0.0909. The number of aromatic nitrogens is 1.